The van der Waals surface area contributed by atoms with Gasteiger partial charge in [-0.1, -0.05) is 44.2 Å². The molecule has 3 amide bonds. The van der Waals surface area contributed by atoms with Gasteiger partial charge in [0.25, 0.3) is 0 Å². The van der Waals surface area contributed by atoms with E-state index < -0.39 is 6.03 Å². The van der Waals surface area contributed by atoms with E-state index in [0.29, 0.717) is 23.8 Å². The van der Waals surface area contributed by atoms with Crippen LogP contribution < -0.4 is 20.9 Å². The van der Waals surface area contributed by atoms with Crippen LogP contribution >= 0.6 is 0 Å². The number of pyridine rings is 1. The normalized spacial score (nSPS) is 15.1. The summed E-state index contributed by atoms with van der Waals surface area (Å²) in [5, 5.41) is 2.81. The number of nitrogens with one attached hydrogen (secondary N) is 3. The van der Waals surface area contributed by atoms with Crippen LogP contribution in [0.5, 0.6) is 11.5 Å². The first-order valence-corrected chi connectivity index (χ1v) is 10.6. The number of hydrogen-bond donors (Lipinski definition) is 3. The van der Waals surface area contributed by atoms with E-state index in [9.17, 15) is 9.59 Å². The zero-order valence-corrected chi connectivity index (χ0v) is 17.4. The van der Waals surface area contributed by atoms with E-state index in [1.165, 1.54) is 32.1 Å². The number of aromatic nitrogens is 1. The van der Waals surface area contributed by atoms with Crippen LogP contribution in [0.15, 0.2) is 48.8 Å². The lowest BCUT2D eigenvalue weighted by molar-refractivity contribution is -0.122. The molecule has 3 rings (SSSR count). The van der Waals surface area contributed by atoms with Crippen molar-refractivity contribution < 1.29 is 14.3 Å². The highest BCUT2D eigenvalue weighted by Gasteiger charge is 2.15. The Bertz CT molecular complexity index is 805. The van der Waals surface area contributed by atoms with Gasteiger partial charge in [0.1, 0.15) is 11.5 Å². The summed E-state index contributed by atoms with van der Waals surface area (Å²) in [5.41, 5.74) is 5.85. The molecule has 7 nitrogen and oxygen atoms in total. The lowest BCUT2D eigenvalue weighted by atomic mass is 9.86. The number of hydrazine groups is 1. The number of rotatable bonds is 7. The molecule has 1 aliphatic carbocycles. The van der Waals surface area contributed by atoms with Gasteiger partial charge in [0.05, 0.1) is 12.2 Å². The Hall–Kier alpha value is -3.09. The lowest BCUT2D eigenvalue weighted by Gasteiger charge is -2.21. The number of carbonyl (C=O) groups is 2. The molecular formula is C23H30N4O3. The standard InChI is InChI=1S/C23H30N4O3/c1-17(19-10-12-20(13-11-19)30-21-8-5-15-24-16-21)25-23(29)27-26-22(28)14-9-18-6-3-2-4-7-18/h5,8,10-13,15-18H,2-4,6-7,9,14H2,1H3,(H,26,28)(H2,25,27,29). The quantitative estimate of drug-likeness (QED) is 0.581. The number of urea groups is 1. The van der Waals surface area contributed by atoms with E-state index in [-0.39, 0.29) is 11.9 Å². The van der Waals surface area contributed by atoms with Crippen LogP contribution in [0.4, 0.5) is 4.79 Å². The molecular weight excluding hydrogens is 380 g/mol. The van der Waals surface area contributed by atoms with Gasteiger partial charge in [-0.25, -0.2) is 10.2 Å². The summed E-state index contributed by atoms with van der Waals surface area (Å²) in [6.45, 7) is 1.88. The van der Waals surface area contributed by atoms with Crippen LogP contribution in [0, 0.1) is 5.92 Å². The molecule has 3 N–H and O–H groups in total. The van der Waals surface area contributed by atoms with E-state index in [1.54, 1.807) is 12.4 Å². The van der Waals surface area contributed by atoms with E-state index in [2.05, 4.69) is 21.2 Å². The highest BCUT2D eigenvalue weighted by Crippen LogP contribution is 2.27. The van der Waals surface area contributed by atoms with Crippen molar-refractivity contribution in [2.45, 2.75) is 57.9 Å². The minimum Gasteiger partial charge on any atom is -0.456 e. The molecule has 1 aliphatic rings. The molecule has 1 saturated carbocycles. The van der Waals surface area contributed by atoms with Gasteiger partial charge in [0, 0.05) is 12.6 Å². The Labute approximate surface area is 177 Å². The smallest absolute Gasteiger partial charge is 0.333 e. The van der Waals surface area contributed by atoms with Crippen molar-refractivity contribution in [3.05, 3.63) is 54.4 Å². The lowest BCUT2D eigenvalue weighted by Crippen LogP contribution is -2.47. The summed E-state index contributed by atoms with van der Waals surface area (Å²) in [7, 11) is 0. The summed E-state index contributed by atoms with van der Waals surface area (Å²) in [4.78, 5) is 28.1. The zero-order valence-electron chi connectivity index (χ0n) is 17.4. The molecule has 1 heterocycles. The average Bonchev–Trinajstić information content (AvgIpc) is 2.78. The number of benzene rings is 1. The molecule has 0 aliphatic heterocycles. The second-order valence-electron chi connectivity index (χ2n) is 7.77. The van der Waals surface area contributed by atoms with E-state index in [1.807, 2.05) is 43.3 Å². The highest BCUT2D eigenvalue weighted by molar-refractivity contribution is 5.81. The summed E-state index contributed by atoms with van der Waals surface area (Å²) in [5.74, 6) is 1.84. The third-order valence-electron chi connectivity index (χ3n) is 5.42. The first kappa shape index (κ1) is 21.6. The maximum absolute atomic E-state index is 12.1. The Balaban J connectivity index is 1.37. The first-order valence-electron chi connectivity index (χ1n) is 10.6. The Morgan fingerprint density at radius 3 is 2.53 bits per heavy atom. The predicted molar refractivity (Wildman–Crippen MR) is 115 cm³/mol. The molecule has 0 radical (unpaired) electrons. The van der Waals surface area contributed by atoms with Gasteiger partial charge in [-0.3, -0.25) is 15.2 Å². The molecule has 1 aromatic heterocycles. The molecule has 0 bridgehead atoms. The number of amides is 3. The Morgan fingerprint density at radius 2 is 1.83 bits per heavy atom. The zero-order chi connectivity index (χ0) is 21.2. The second kappa shape index (κ2) is 11.2. The van der Waals surface area contributed by atoms with Crippen LogP contribution in [0.25, 0.3) is 0 Å². The van der Waals surface area contributed by atoms with Crippen molar-refractivity contribution in [3.8, 4) is 11.5 Å². The van der Waals surface area contributed by atoms with Crippen molar-refractivity contribution in [3.63, 3.8) is 0 Å². The second-order valence-corrected chi connectivity index (χ2v) is 7.77. The van der Waals surface area contributed by atoms with Crippen molar-refractivity contribution in [2.75, 3.05) is 0 Å². The minimum atomic E-state index is -0.441. The molecule has 1 fully saturated rings. The Kier molecular flexibility index (Phi) is 8.06. The molecule has 1 unspecified atom stereocenters. The molecule has 30 heavy (non-hydrogen) atoms. The van der Waals surface area contributed by atoms with Crippen molar-refractivity contribution in [2.24, 2.45) is 5.92 Å². The maximum Gasteiger partial charge on any atom is 0.333 e. The van der Waals surface area contributed by atoms with Crippen LogP contribution in [0.2, 0.25) is 0 Å². The monoisotopic (exact) mass is 410 g/mol. The number of ether oxygens (including phenoxy) is 1. The molecule has 1 aromatic carbocycles. The molecule has 0 saturated heterocycles. The maximum atomic E-state index is 12.1. The van der Waals surface area contributed by atoms with Gasteiger partial charge in [-0.05, 0) is 49.1 Å². The number of nitrogens with zero attached hydrogens (tertiary/aromatic N) is 1. The summed E-state index contributed by atoms with van der Waals surface area (Å²) in [6, 6.07) is 10.4. The summed E-state index contributed by atoms with van der Waals surface area (Å²) < 4.78 is 5.72. The molecule has 0 spiro atoms. The average molecular weight is 411 g/mol. The van der Waals surface area contributed by atoms with Crippen LogP contribution in [0.3, 0.4) is 0 Å². The van der Waals surface area contributed by atoms with Gasteiger partial charge in [0.15, 0.2) is 0 Å². The van der Waals surface area contributed by atoms with Gasteiger partial charge in [-0.15, -0.1) is 0 Å². The molecule has 7 heteroatoms. The molecule has 1 atom stereocenters. The fourth-order valence-electron chi connectivity index (χ4n) is 3.68. The number of carbonyl (C=O) groups excluding carboxylic acids is 2. The largest absolute Gasteiger partial charge is 0.456 e. The SMILES string of the molecule is CC(NC(=O)NNC(=O)CCC1CCCCC1)c1ccc(Oc2cccnc2)cc1. The van der Waals surface area contributed by atoms with E-state index in [0.717, 1.165) is 12.0 Å². The van der Waals surface area contributed by atoms with Gasteiger partial charge in [-0.2, -0.15) is 0 Å². The third kappa shape index (κ3) is 7.06. The van der Waals surface area contributed by atoms with E-state index >= 15 is 0 Å². The predicted octanol–water partition coefficient (Wildman–Crippen LogP) is 4.63. The van der Waals surface area contributed by atoms with Crippen molar-refractivity contribution >= 4 is 11.9 Å². The van der Waals surface area contributed by atoms with Crippen molar-refractivity contribution in [1.29, 1.82) is 0 Å². The van der Waals surface area contributed by atoms with Gasteiger partial charge >= 0.3 is 6.03 Å². The molecule has 2 aromatic rings. The summed E-state index contributed by atoms with van der Waals surface area (Å²) in [6.07, 6.45) is 10.9. The van der Waals surface area contributed by atoms with Crippen LogP contribution in [0.1, 0.15) is 63.5 Å². The third-order valence-corrected chi connectivity index (χ3v) is 5.42. The van der Waals surface area contributed by atoms with Gasteiger partial charge < -0.3 is 10.1 Å². The first-order chi connectivity index (χ1) is 14.6. The number of hydrogen-bond acceptors (Lipinski definition) is 4. The Morgan fingerprint density at radius 1 is 1.07 bits per heavy atom. The summed E-state index contributed by atoms with van der Waals surface area (Å²) >= 11 is 0. The van der Waals surface area contributed by atoms with Crippen molar-refractivity contribution in [1.82, 2.24) is 21.2 Å². The van der Waals surface area contributed by atoms with Crippen LogP contribution in [-0.4, -0.2) is 16.9 Å². The minimum absolute atomic E-state index is 0.153. The van der Waals surface area contributed by atoms with E-state index in [4.69, 9.17) is 4.74 Å². The van der Waals surface area contributed by atoms with Gasteiger partial charge in [0.2, 0.25) is 5.91 Å². The topological polar surface area (TPSA) is 92.4 Å². The fourth-order valence-corrected chi connectivity index (χ4v) is 3.68. The molecule has 160 valence electrons. The highest BCUT2D eigenvalue weighted by atomic mass is 16.5. The van der Waals surface area contributed by atoms with Crippen LogP contribution in [-0.2, 0) is 4.79 Å². The fraction of sp³-hybridized carbons (Fsp3) is 0.435.